The summed E-state index contributed by atoms with van der Waals surface area (Å²) in [5.74, 6) is 0.829. The molecule has 0 N–H and O–H groups in total. The third-order valence-electron chi connectivity index (χ3n) is 5.55. The van der Waals surface area contributed by atoms with Crippen LogP contribution in [0.1, 0.15) is 57.4 Å². The Balaban J connectivity index is 1.58. The molecule has 0 aliphatic heterocycles. The van der Waals surface area contributed by atoms with E-state index in [4.69, 9.17) is 9.47 Å². The standard InChI is InChI=1S/C27H40N2O3/c1-4-5-11-20-28(2)21-12-6-7-13-22-31-26-18-16-25(17-19-26)29(3)27(30)32-23-24-14-9-8-10-15-24/h8-10,14-19H,4-7,11-13,20-23H2,1-3H3. The second kappa shape index (κ2) is 15.3. The summed E-state index contributed by atoms with van der Waals surface area (Å²) in [6.07, 6.45) is 8.30. The Labute approximate surface area is 194 Å². The molecule has 2 rings (SSSR count). The highest BCUT2D eigenvalue weighted by Crippen LogP contribution is 2.20. The second-order valence-corrected chi connectivity index (χ2v) is 8.37. The van der Waals surface area contributed by atoms with Gasteiger partial charge in [-0.05, 0) is 69.2 Å². The summed E-state index contributed by atoms with van der Waals surface area (Å²) >= 11 is 0. The first-order valence-electron chi connectivity index (χ1n) is 12.0. The lowest BCUT2D eigenvalue weighted by molar-refractivity contribution is 0.148. The van der Waals surface area contributed by atoms with Gasteiger partial charge in [0.05, 0.1) is 6.61 Å². The Morgan fingerprint density at radius 3 is 2.16 bits per heavy atom. The van der Waals surface area contributed by atoms with E-state index in [0.717, 1.165) is 30.0 Å². The van der Waals surface area contributed by atoms with Crippen LogP contribution in [-0.2, 0) is 11.3 Å². The van der Waals surface area contributed by atoms with Crippen LogP contribution in [0.2, 0.25) is 0 Å². The van der Waals surface area contributed by atoms with Crippen molar-refractivity contribution in [1.29, 1.82) is 0 Å². The molecule has 0 atom stereocenters. The van der Waals surface area contributed by atoms with Gasteiger partial charge in [0.15, 0.2) is 0 Å². The van der Waals surface area contributed by atoms with Crippen molar-refractivity contribution in [2.24, 2.45) is 0 Å². The van der Waals surface area contributed by atoms with Crippen LogP contribution in [-0.4, -0.2) is 44.8 Å². The molecule has 0 saturated heterocycles. The molecule has 2 aromatic carbocycles. The van der Waals surface area contributed by atoms with E-state index >= 15 is 0 Å². The highest BCUT2D eigenvalue weighted by atomic mass is 16.6. The Morgan fingerprint density at radius 2 is 1.47 bits per heavy atom. The van der Waals surface area contributed by atoms with E-state index in [0.29, 0.717) is 0 Å². The summed E-state index contributed by atoms with van der Waals surface area (Å²) in [6.45, 7) is 5.64. The molecule has 0 spiro atoms. The van der Waals surface area contributed by atoms with Crippen LogP contribution >= 0.6 is 0 Å². The fourth-order valence-electron chi connectivity index (χ4n) is 3.46. The Bertz CT molecular complexity index is 749. The topological polar surface area (TPSA) is 42.0 Å². The third kappa shape index (κ3) is 10.2. The molecule has 5 nitrogen and oxygen atoms in total. The van der Waals surface area contributed by atoms with E-state index in [9.17, 15) is 4.79 Å². The SMILES string of the molecule is CCCCCN(C)CCCCCCOc1ccc(N(C)C(=O)OCc2ccccc2)cc1. The average molecular weight is 441 g/mol. The number of benzene rings is 2. The molecule has 0 bridgehead atoms. The predicted octanol–water partition coefficient (Wildman–Crippen LogP) is 6.52. The van der Waals surface area contributed by atoms with Crippen molar-refractivity contribution >= 4 is 11.8 Å². The van der Waals surface area contributed by atoms with Gasteiger partial charge in [-0.2, -0.15) is 0 Å². The minimum atomic E-state index is -0.376. The van der Waals surface area contributed by atoms with Gasteiger partial charge in [0, 0.05) is 12.7 Å². The van der Waals surface area contributed by atoms with Crippen molar-refractivity contribution in [1.82, 2.24) is 4.90 Å². The van der Waals surface area contributed by atoms with Crippen LogP contribution in [0, 0.1) is 0 Å². The maximum absolute atomic E-state index is 12.3. The van der Waals surface area contributed by atoms with Gasteiger partial charge in [-0.25, -0.2) is 4.79 Å². The minimum Gasteiger partial charge on any atom is -0.494 e. The molecule has 1 amide bonds. The van der Waals surface area contributed by atoms with Crippen LogP contribution in [0.25, 0.3) is 0 Å². The molecule has 0 aliphatic carbocycles. The van der Waals surface area contributed by atoms with E-state index in [-0.39, 0.29) is 12.7 Å². The molecule has 32 heavy (non-hydrogen) atoms. The molecule has 0 radical (unpaired) electrons. The molecule has 0 heterocycles. The number of carbonyl (C=O) groups is 1. The number of carbonyl (C=O) groups excluding carboxylic acids is 1. The van der Waals surface area contributed by atoms with Crippen molar-refractivity contribution in [2.45, 2.75) is 58.5 Å². The zero-order valence-corrected chi connectivity index (χ0v) is 20.1. The smallest absolute Gasteiger partial charge is 0.414 e. The lowest BCUT2D eigenvalue weighted by Gasteiger charge is -2.17. The highest BCUT2D eigenvalue weighted by molar-refractivity contribution is 5.86. The quantitative estimate of drug-likeness (QED) is 0.296. The van der Waals surface area contributed by atoms with E-state index in [1.165, 1.54) is 56.5 Å². The summed E-state index contributed by atoms with van der Waals surface area (Å²) in [4.78, 5) is 16.2. The van der Waals surface area contributed by atoms with Crippen molar-refractivity contribution in [3.05, 3.63) is 60.2 Å². The Hall–Kier alpha value is -2.53. The van der Waals surface area contributed by atoms with Crippen LogP contribution in [0.4, 0.5) is 10.5 Å². The van der Waals surface area contributed by atoms with Crippen LogP contribution in [0.3, 0.4) is 0 Å². The largest absolute Gasteiger partial charge is 0.494 e. The molecule has 2 aromatic rings. The summed E-state index contributed by atoms with van der Waals surface area (Å²) < 4.78 is 11.2. The molecule has 5 heteroatoms. The molecular formula is C27H40N2O3. The van der Waals surface area contributed by atoms with E-state index in [2.05, 4.69) is 18.9 Å². The van der Waals surface area contributed by atoms with Crippen molar-refractivity contribution in [2.75, 3.05) is 38.7 Å². The van der Waals surface area contributed by atoms with Gasteiger partial charge in [0.2, 0.25) is 0 Å². The maximum atomic E-state index is 12.3. The van der Waals surface area contributed by atoms with Crippen LogP contribution < -0.4 is 9.64 Å². The molecule has 0 aliphatic rings. The zero-order chi connectivity index (χ0) is 23.0. The van der Waals surface area contributed by atoms with Crippen molar-refractivity contribution in [3.8, 4) is 5.75 Å². The zero-order valence-electron chi connectivity index (χ0n) is 20.1. The first kappa shape index (κ1) is 25.7. The summed E-state index contributed by atoms with van der Waals surface area (Å²) in [5.41, 5.74) is 1.75. The number of amides is 1. The second-order valence-electron chi connectivity index (χ2n) is 8.37. The highest BCUT2D eigenvalue weighted by Gasteiger charge is 2.12. The van der Waals surface area contributed by atoms with Gasteiger partial charge in [-0.3, -0.25) is 4.90 Å². The van der Waals surface area contributed by atoms with E-state index in [1.54, 1.807) is 7.05 Å². The molecule has 0 fully saturated rings. The Kier molecular flexibility index (Phi) is 12.3. The van der Waals surface area contributed by atoms with Gasteiger partial charge in [-0.15, -0.1) is 0 Å². The molecule has 0 unspecified atom stereocenters. The average Bonchev–Trinajstić information content (AvgIpc) is 2.82. The monoisotopic (exact) mass is 440 g/mol. The third-order valence-corrected chi connectivity index (χ3v) is 5.55. The van der Waals surface area contributed by atoms with Gasteiger partial charge in [-0.1, -0.05) is 62.9 Å². The number of hydrogen-bond acceptors (Lipinski definition) is 4. The predicted molar refractivity (Wildman–Crippen MR) is 132 cm³/mol. The van der Waals surface area contributed by atoms with Gasteiger partial charge in [0.1, 0.15) is 12.4 Å². The van der Waals surface area contributed by atoms with E-state index in [1.807, 2.05) is 54.6 Å². The van der Waals surface area contributed by atoms with Gasteiger partial charge < -0.3 is 14.4 Å². The fourth-order valence-corrected chi connectivity index (χ4v) is 3.46. The van der Waals surface area contributed by atoms with Gasteiger partial charge >= 0.3 is 6.09 Å². The first-order valence-corrected chi connectivity index (χ1v) is 12.0. The number of hydrogen-bond donors (Lipinski definition) is 0. The van der Waals surface area contributed by atoms with Crippen molar-refractivity contribution < 1.29 is 14.3 Å². The van der Waals surface area contributed by atoms with Crippen LogP contribution in [0.5, 0.6) is 5.75 Å². The lowest BCUT2D eigenvalue weighted by Crippen LogP contribution is -2.26. The minimum absolute atomic E-state index is 0.264. The van der Waals surface area contributed by atoms with Crippen molar-refractivity contribution in [3.63, 3.8) is 0 Å². The first-order chi connectivity index (χ1) is 15.6. The number of ether oxygens (including phenoxy) is 2. The summed E-state index contributed by atoms with van der Waals surface area (Å²) in [6, 6.07) is 17.2. The molecule has 0 aromatic heterocycles. The summed E-state index contributed by atoms with van der Waals surface area (Å²) in [5, 5.41) is 0. The number of unbranched alkanes of at least 4 members (excludes halogenated alkanes) is 5. The summed E-state index contributed by atoms with van der Waals surface area (Å²) in [7, 11) is 3.94. The maximum Gasteiger partial charge on any atom is 0.414 e. The van der Waals surface area contributed by atoms with Crippen LogP contribution in [0.15, 0.2) is 54.6 Å². The van der Waals surface area contributed by atoms with Gasteiger partial charge in [0.25, 0.3) is 0 Å². The number of rotatable bonds is 15. The molecule has 0 saturated carbocycles. The van der Waals surface area contributed by atoms with E-state index < -0.39 is 0 Å². The molecular weight excluding hydrogens is 400 g/mol. The Morgan fingerprint density at radius 1 is 0.812 bits per heavy atom. The number of nitrogens with zero attached hydrogens (tertiary/aromatic N) is 2. The molecule has 176 valence electrons. The fraction of sp³-hybridized carbons (Fsp3) is 0.519. The number of anilines is 1. The normalized spacial score (nSPS) is 10.9. The lowest BCUT2D eigenvalue weighted by atomic mass is 10.2.